The zero-order valence-electron chi connectivity index (χ0n) is 14.1. The van der Waals surface area contributed by atoms with E-state index in [0.717, 1.165) is 30.6 Å². The number of amides is 1. The van der Waals surface area contributed by atoms with E-state index >= 15 is 0 Å². The summed E-state index contributed by atoms with van der Waals surface area (Å²) in [6, 6.07) is 0.796. The normalized spacial score (nSPS) is 20.6. The van der Waals surface area contributed by atoms with E-state index < -0.39 is 0 Å². The Balaban J connectivity index is 1.76. The number of rotatable bonds is 4. The van der Waals surface area contributed by atoms with Gasteiger partial charge in [-0.1, -0.05) is 49.9 Å². The van der Waals surface area contributed by atoms with Gasteiger partial charge in [-0.15, -0.1) is 0 Å². The topological polar surface area (TPSA) is 42.3 Å². The number of hydrogen-bond acceptors (Lipinski definition) is 3. The van der Waals surface area contributed by atoms with Crippen LogP contribution in [0.4, 0.5) is 0 Å². The molecule has 2 aliphatic carbocycles. The fourth-order valence-corrected chi connectivity index (χ4v) is 4.95. The third-order valence-corrected chi connectivity index (χ3v) is 6.19. The lowest BCUT2D eigenvalue weighted by molar-refractivity contribution is -0.138. The number of carbonyl (C=O) groups is 1. The minimum atomic E-state index is -0.0110. The Morgan fingerprint density at radius 3 is 2.04 bits per heavy atom. The molecule has 1 aromatic heterocycles. The molecule has 0 saturated heterocycles. The highest BCUT2D eigenvalue weighted by molar-refractivity contribution is 7.09. The van der Waals surface area contributed by atoms with E-state index in [1.807, 2.05) is 13.1 Å². The van der Waals surface area contributed by atoms with Crippen molar-refractivity contribution in [1.82, 2.24) is 9.47 Å². The van der Waals surface area contributed by atoms with Gasteiger partial charge in [0, 0.05) is 23.2 Å². The first-order valence-corrected chi connectivity index (χ1v) is 9.95. The van der Waals surface area contributed by atoms with Crippen LogP contribution in [0.5, 0.6) is 0 Å². The quantitative estimate of drug-likeness (QED) is 0.841. The van der Waals surface area contributed by atoms with Crippen LogP contribution in [0.2, 0.25) is 0 Å². The van der Waals surface area contributed by atoms with E-state index in [0.29, 0.717) is 12.1 Å². The van der Waals surface area contributed by atoms with Crippen LogP contribution in [-0.2, 0) is 11.3 Å². The Bertz CT molecular complexity index is 562. The van der Waals surface area contributed by atoms with Crippen molar-refractivity contribution >= 4 is 17.2 Å². The standard InChI is InChI=1S/C18H28N2O2S/c1-14-12-19(18(22)23-14)13-17(21)20(15-8-4-2-5-9-15)16-10-6-3-7-11-16/h12,15-16H,2-11,13H2,1H3. The summed E-state index contributed by atoms with van der Waals surface area (Å²) in [7, 11) is 0. The second kappa shape index (κ2) is 7.65. The molecule has 2 aliphatic rings. The Labute approximate surface area is 142 Å². The Hall–Kier alpha value is -1.10. The maximum Gasteiger partial charge on any atom is 0.307 e. The number of carbonyl (C=O) groups excluding carboxylic acids is 1. The Morgan fingerprint density at radius 1 is 1.09 bits per heavy atom. The molecule has 0 atom stereocenters. The molecule has 1 heterocycles. The van der Waals surface area contributed by atoms with E-state index in [2.05, 4.69) is 4.90 Å². The van der Waals surface area contributed by atoms with Crippen molar-refractivity contribution in [2.75, 3.05) is 0 Å². The van der Waals surface area contributed by atoms with E-state index in [4.69, 9.17) is 0 Å². The number of thiazole rings is 1. The zero-order chi connectivity index (χ0) is 16.2. The molecule has 0 spiro atoms. The molecule has 3 rings (SSSR count). The lowest BCUT2D eigenvalue weighted by Gasteiger charge is -2.41. The molecule has 2 fully saturated rings. The Morgan fingerprint density at radius 2 is 1.61 bits per heavy atom. The summed E-state index contributed by atoms with van der Waals surface area (Å²) in [5.41, 5.74) is 0. The van der Waals surface area contributed by atoms with Gasteiger partial charge in [0.25, 0.3) is 0 Å². The van der Waals surface area contributed by atoms with E-state index in [9.17, 15) is 9.59 Å². The van der Waals surface area contributed by atoms with Gasteiger partial charge in [-0.25, -0.2) is 0 Å². The molecule has 4 nitrogen and oxygen atoms in total. The van der Waals surface area contributed by atoms with Crippen molar-refractivity contribution in [3.8, 4) is 0 Å². The SMILES string of the molecule is Cc1cn(CC(=O)N(C2CCCCC2)C2CCCCC2)c(=O)s1. The molecule has 0 bridgehead atoms. The van der Waals surface area contributed by atoms with Gasteiger partial charge >= 0.3 is 4.87 Å². The number of aromatic nitrogens is 1. The van der Waals surface area contributed by atoms with Crippen LogP contribution in [0.3, 0.4) is 0 Å². The second-order valence-electron chi connectivity index (χ2n) is 7.12. The first kappa shape index (κ1) is 16.7. The maximum atomic E-state index is 13.0. The number of aryl methyl sites for hydroxylation is 1. The molecule has 0 radical (unpaired) electrons. The highest BCUT2D eigenvalue weighted by Gasteiger charge is 2.32. The van der Waals surface area contributed by atoms with Crippen LogP contribution in [-0.4, -0.2) is 27.5 Å². The van der Waals surface area contributed by atoms with E-state index in [-0.39, 0.29) is 17.3 Å². The molecule has 0 unspecified atom stereocenters. The summed E-state index contributed by atoms with van der Waals surface area (Å²) in [6.07, 6.45) is 13.9. The molecule has 1 amide bonds. The van der Waals surface area contributed by atoms with E-state index in [1.165, 1.54) is 49.9 Å². The first-order valence-electron chi connectivity index (χ1n) is 9.13. The van der Waals surface area contributed by atoms with Crippen LogP contribution < -0.4 is 4.87 Å². The zero-order valence-corrected chi connectivity index (χ0v) is 14.9. The van der Waals surface area contributed by atoms with Gasteiger partial charge in [-0.05, 0) is 32.6 Å². The van der Waals surface area contributed by atoms with Gasteiger partial charge in [0.15, 0.2) is 0 Å². The highest BCUT2D eigenvalue weighted by Crippen LogP contribution is 2.30. The van der Waals surface area contributed by atoms with Crippen LogP contribution in [0.25, 0.3) is 0 Å². The average Bonchev–Trinajstić information content (AvgIpc) is 2.87. The third kappa shape index (κ3) is 4.06. The minimum Gasteiger partial charge on any atom is -0.335 e. The average molecular weight is 337 g/mol. The summed E-state index contributed by atoms with van der Waals surface area (Å²) in [5.74, 6) is 0.156. The van der Waals surface area contributed by atoms with Crippen LogP contribution >= 0.6 is 11.3 Å². The van der Waals surface area contributed by atoms with Crippen LogP contribution in [0.15, 0.2) is 11.0 Å². The summed E-state index contributed by atoms with van der Waals surface area (Å²) < 4.78 is 1.60. The molecule has 23 heavy (non-hydrogen) atoms. The summed E-state index contributed by atoms with van der Waals surface area (Å²) in [4.78, 5) is 28.2. The van der Waals surface area contributed by atoms with Gasteiger partial charge in [0.2, 0.25) is 5.91 Å². The molecule has 0 aliphatic heterocycles. The first-order chi connectivity index (χ1) is 11.1. The minimum absolute atomic E-state index is 0.0110. The van der Waals surface area contributed by atoms with Crippen molar-refractivity contribution in [3.63, 3.8) is 0 Å². The van der Waals surface area contributed by atoms with Crippen LogP contribution in [0, 0.1) is 6.92 Å². The van der Waals surface area contributed by atoms with Crippen molar-refractivity contribution in [1.29, 1.82) is 0 Å². The molecule has 1 aromatic rings. The smallest absolute Gasteiger partial charge is 0.307 e. The fourth-order valence-electron chi connectivity index (χ4n) is 4.26. The highest BCUT2D eigenvalue weighted by atomic mass is 32.1. The monoisotopic (exact) mass is 336 g/mol. The number of nitrogens with zero attached hydrogens (tertiary/aromatic N) is 2. The van der Waals surface area contributed by atoms with Crippen LogP contribution in [0.1, 0.15) is 69.1 Å². The molecular weight excluding hydrogens is 308 g/mol. The largest absolute Gasteiger partial charge is 0.335 e. The van der Waals surface area contributed by atoms with Gasteiger partial charge in [-0.3, -0.25) is 14.2 Å². The van der Waals surface area contributed by atoms with Crippen molar-refractivity contribution in [2.45, 2.75) is 89.8 Å². The van der Waals surface area contributed by atoms with Gasteiger partial charge in [0.1, 0.15) is 6.54 Å². The van der Waals surface area contributed by atoms with Gasteiger partial charge in [0.05, 0.1) is 0 Å². The molecule has 2 saturated carbocycles. The summed E-state index contributed by atoms with van der Waals surface area (Å²) >= 11 is 1.23. The lowest BCUT2D eigenvalue weighted by Crippen LogP contribution is -2.50. The van der Waals surface area contributed by atoms with Crippen molar-refractivity contribution < 1.29 is 4.79 Å². The van der Waals surface area contributed by atoms with Gasteiger partial charge in [-0.2, -0.15) is 0 Å². The molecule has 128 valence electrons. The fraction of sp³-hybridized carbons (Fsp3) is 0.778. The summed E-state index contributed by atoms with van der Waals surface area (Å²) in [6.45, 7) is 2.14. The summed E-state index contributed by atoms with van der Waals surface area (Å²) in [5, 5.41) is 0. The predicted octanol–water partition coefficient (Wildman–Crippen LogP) is 3.71. The predicted molar refractivity (Wildman–Crippen MR) is 93.9 cm³/mol. The molecule has 0 N–H and O–H groups in total. The maximum absolute atomic E-state index is 13.0. The second-order valence-corrected chi connectivity index (χ2v) is 8.32. The Kier molecular flexibility index (Phi) is 5.57. The number of hydrogen-bond donors (Lipinski definition) is 0. The van der Waals surface area contributed by atoms with Crippen molar-refractivity contribution in [3.05, 3.63) is 20.7 Å². The molecular formula is C18H28N2O2S. The lowest BCUT2D eigenvalue weighted by atomic mass is 9.88. The molecule has 5 heteroatoms. The van der Waals surface area contributed by atoms with E-state index in [1.54, 1.807) is 4.57 Å². The third-order valence-electron chi connectivity index (χ3n) is 5.35. The van der Waals surface area contributed by atoms with Crippen molar-refractivity contribution in [2.24, 2.45) is 0 Å². The molecule has 0 aromatic carbocycles. The van der Waals surface area contributed by atoms with Gasteiger partial charge < -0.3 is 4.90 Å².